The lowest BCUT2D eigenvalue weighted by atomic mass is 9.97. The summed E-state index contributed by atoms with van der Waals surface area (Å²) >= 11 is 0. The number of piperidine rings is 1. The highest BCUT2D eigenvalue weighted by Gasteiger charge is 2.28. The Morgan fingerprint density at radius 2 is 1.92 bits per heavy atom. The van der Waals surface area contributed by atoms with Crippen molar-refractivity contribution in [1.82, 2.24) is 9.80 Å². The summed E-state index contributed by atoms with van der Waals surface area (Å²) in [6, 6.07) is 11.7. The minimum absolute atomic E-state index is 0.0371. The summed E-state index contributed by atoms with van der Waals surface area (Å²) < 4.78 is 34.7. The number of allylic oxidation sites excluding steroid dienone is 1. The highest BCUT2D eigenvalue weighted by molar-refractivity contribution is 7.46. The molecule has 2 heterocycles. The van der Waals surface area contributed by atoms with Gasteiger partial charge in [-0.2, -0.15) is 0 Å². The largest absolute Gasteiger partial charge is 0.495 e. The molecule has 1 fully saturated rings. The lowest BCUT2D eigenvalue weighted by molar-refractivity contribution is -0.130. The maximum atomic E-state index is 13.3. The minimum Gasteiger partial charge on any atom is -0.495 e. The molecule has 1 amide bonds. The SMILES string of the molecule is COc1cc(/C=C2\CCCN([C@@H](C)c3ccc(F)cc3)C2=O)ccc1N1C=C(C)N(COP(=O)(O)O)C1. The summed E-state index contributed by atoms with van der Waals surface area (Å²) in [5, 5.41) is 0. The number of carbonyl (C=O) groups excluding carboxylic acids is 1. The van der Waals surface area contributed by atoms with Crippen LogP contribution in [-0.2, 0) is 13.9 Å². The Labute approximate surface area is 215 Å². The van der Waals surface area contributed by atoms with Crippen molar-refractivity contribution in [2.24, 2.45) is 0 Å². The molecule has 2 aliphatic heterocycles. The molecule has 1 atom stereocenters. The molecule has 9 nitrogen and oxygen atoms in total. The van der Waals surface area contributed by atoms with Crippen LogP contribution in [0.3, 0.4) is 0 Å². The Hall–Kier alpha value is -3.17. The topological polar surface area (TPSA) is 103 Å². The fourth-order valence-corrected chi connectivity index (χ4v) is 4.85. The number of likely N-dealkylation sites (tertiary alicyclic amines) is 1. The van der Waals surface area contributed by atoms with Crippen molar-refractivity contribution in [3.8, 4) is 5.75 Å². The summed E-state index contributed by atoms with van der Waals surface area (Å²) in [6.07, 6.45) is 5.22. The Morgan fingerprint density at radius 1 is 1.19 bits per heavy atom. The van der Waals surface area contributed by atoms with Crippen LogP contribution >= 0.6 is 7.82 Å². The molecule has 0 spiro atoms. The molecule has 0 saturated carbocycles. The molecule has 2 aromatic carbocycles. The van der Waals surface area contributed by atoms with Crippen LogP contribution in [0.2, 0.25) is 0 Å². The molecular weight excluding hydrogens is 500 g/mol. The van der Waals surface area contributed by atoms with Gasteiger partial charge in [0.05, 0.1) is 25.5 Å². The lowest BCUT2D eigenvalue weighted by Crippen LogP contribution is -2.38. The summed E-state index contributed by atoms with van der Waals surface area (Å²) in [5.74, 6) is 0.251. The first kappa shape index (κ1) is 26.9. The Kier molecular flexibility index (Phi) is 8.04. The van der Waals surface area contributed by atoms with E-state index in [4.69, 9.17) is 14.5 Å². The van der Waals surface area contributed by atoms with Crippen molar-refractivity contribution in [3.63, 3.8) is 0 Å². The van der Waals surface area contributed by atoms with Gasteiger partial charge < -0.3 is 29.2 Å². The third kappa shape index (κ3) is 6.40. The smallest absolute Gasteiger partial charge is 0.471 e. The van der Waals surface area contributed by atoms with E-state index in [1.807, 2.05) is 54.1 Å². The van der Waals surface area contributed by atoms with Crippen LogP contribution in [0, 0.1) is 5.82 Å². The van der Waals surface area contributed by atoms with E-state index in [2.05, 4.69) is 4.52 Å². The molecular formula is C26H31FN3O6P. The van der Waals surface area contributed by atoms with Crippen LogP contribution in [-0.4, -0.2) is 52.5 Å². The molecule has 2 aromatic rings. The third-order valence-corrected chi connectivity index (χ3v) is 7.05. The maximum absolute atomic E-state index is 13.3. The standard InChI is InChI=1S/C26H31FN3O6P/c1-18-15-28(16-29(18)17-36-37(32,33)34)24-11-6-20(14-25(24)35-3)13-22-5-4-12-30(26(22)31)19(2)21-7-9-23(27)10-8-21/h6-11,13-15,19H,4-5,12,16-17H2,1-3H3,(H2,32,33,34)/b22-13+/t19-/m0/s1. The Balaban J connectivity index is 1.50. The van der Waals surface area contributed by atoms with E-state index >= 15 is 0 Å². The second-order valence-electron chi connectivity index (χ2n) is 9.10. The van der Waals surface area contributed by atoms with Gasteiger partial charge in [-0.05, 0) is 68.2 Å². The van der Waals surface area contributed by atoms with E-state index in [1.54, 1.807) is 24.1 Å². The summed E-state index contributed by atoms with van der Waals surface area (Å²) in [6.45, 7) is 4.50. The first-order valence-corrected chi connectivity index (χ1v) is 13.4. The fraction of sp³-hybridized carbons (Fsp3) is 0.346. The van der Waals surface area contributed by atoms with Crippen molar-refractivity contribution in [2.45, 2.75) is 32.7 Å². The number of phosphoric ester groups is 1. The zero-order valence-electron chi connectivity index (χ0n) is 21.0. The summed E-state index contributed by atoms with van der Waals surface area (Å²) in [4.78, 5) is 36.7. The van der Waals surface area contributed by atoms with Crippen LogP contribution in [0.25, 0.3) is 6.08 Å². The molecule has 0 aromatic heterocycles. The van der Waals surface area contributed by atoms with Gasteiger partial charge in [0, 0.05) is 24.0 Å². The molecule has 0 radical (unpaired) electrons. The number of hydrogen-bond acceptors (Lipinski definition) is 6. The zero-order chi connectivity index (χ0) is 26.7. The van der Waals surface area contributed by atoms with Crippen LogP contribution in [0.15, 0.2) is 59.9 Å². The molecule has 0 bridgehead atoms. The second kappa shape index (κ2) is 11.1. The number of phosphoric acid groups is 1. The average molecular weight is 532 g/mol. The van der Waals surface area contributed by atoms with E-state index in [0.717, 1.165) is 28.9 Å². The highest BCUT2D eigenvalue weighted by atomic mass is 31.2. The minimum atomic E-state index is -4.58. The maximum Gasteiger partial charge on any atom is 0.471 e. The monoisotopic (exact) mass is 531 g/mol. The molecule has 37 heavy (non-hydrogen) atoms. The van der Waals surface area contributed by atoms with Gasteiger partial charge in [0.1, 0.15) is 18.3 Å². The zero-order valence-corrected chi connectivity index (χ0v) is 21.9. The quantitative estimate of drug-likeness (QED) is 0.376. The molecule has 11 heteroatoms. The van der Waals surface area contributed by atoms with Crippen molar-refractivity contribution in [2.75, 3.05) is 32.0 Å². The predicted octanol–water partition coefficient (Wildman–Crippen LogP) is 4.61. The third-order valence-electron chi connectivity index (χ3n) is 6.60. The molecule has 4 rings (SSSR count). The number of carbonyl (C=O) groups is 1. The Bertz CT molecular complexity index is 1260. The normalized spacial score (nSPS) is 18.4. The van der Waals surface area contributed by atoms with Crippen LogP contribution in [0.4, 0.5) is 10.1 Å². The molecule has 0 unspecified atom stereocenters. The number of ether oxygens (including phenoxy) is 1. The summed E-state index contributed by atoms with van der Waals surface area (Å²) in [5.41, 5.74) is 3.96. The number of nitrogens with zero attached hydrogens (tertiary/aromatic N) is 3. The number of hydrogen-bond donors (Lipinski definition) is 2. The van der Waals surface area contributed by atoms with Crippen LogP contribution < -0.4 is 9.64 Å². The molecule has 198 valence electrons. The van der Waals surface area contributed by atoms with Gasteiger partial charge in [0.25, 0.3) is 0 Å². The van der Waals surface area contributed by atoms with Crippen molar-refractivity contribution >= 4 is 25.5 Å². The Morgan fingerprint density at radius 3 is 2.59 bits per heavy atom. The van der Waals surface area contributed by atoms with Gasteiger partial charge in [-0.15, -0.1) is 0 Å². The van der Waals surface area contributed by atoms with Crippen molar-refractivity contribution in [1.29, 1.82) is 0 Å². The lowest BCUT2D eigenvalue weighted by Gasteiger charge is -2.34. The van der Waals surface area contributed by atoms with Crippen LogP contribution in [0.5, 0.6) is 5.75 Å². The second-order valence-corrected chi connectivity index (χ2v) is 10.3. The molecule has 0 aliphatic carbocycles. The number of methoxy groups -OCH3 is 1. The predicted molar refractivity (Wildman–Crippen MR) is 138 cm³/mol. The fourth-order valence-electron chi connectivity index (χ4n) is 4.56. The summed E-state index contributed by atoms with van der Waals surface area (Å²) in [7, 11) is -3.01. The number of halogens is 1. The van der Waals surface area contributed by atoms with Gasteiger partial charge >= 0.3 is 7.82 Å². The average Bonchev–Trinajstić information content (AvgIpc) is 3.23. The van der Waals surface area contributed by atoms with Crippen molar-refractivity contribution < 1.29 is 32.8 Å². The van der Waals surface area contributed by atoms with Gasteiger partial charge in [0.15, 0.2) is 0 Å². The van der Waals surface area contributed by atoms with E-state index in [0.29, 0.717) is 31.0 Å². The van der Waals surface area contributed by atoms with E-state index in [9.17, 15) is 13.8 Å². The number of anilines is 1. The first-order valence-electron chi connectivity index (χ1n) is 11.9. The molecule has 1 saturated heterocycles. The molecule has 2 aliphatic rings. The van der Waals surface area contributed by atoms with Gasteiger partial charge in [-0.3, -0.25) is 9.32 Å². The van der Waals surface area contributed by atoms with Crippen LogP contribution in [0.1, 0.15) is 43.9 Å². The number of benzene rings is 2. The van der Waals surface area contributed by atoms with E-state index in [-0.39, 0.29) is 24.5 Å². The number of amides is 1. The van der Waals surface area contributed by atoms with E-state index < -0.39 is 7.82 Å². The van der Waals surface area contributed by atoms with Gasteiger partial charge in [-0.25, -0.2) is 8.96 Å². The van der Waals surface area contributed by atoms with Gasteiger partial charge in [-0.1, -0.05) is 18.2 Å². The number of rotatable bonds is 8. The first-order chi connectivity index (χ1) is 17.6. The van der Waals surface area contributed by atoms with Crippen molar-refractivity contribution in [3.05, 3.63) is 76.9 Å². The van der Waals surface area contributed by atoms with Gasteiger partial charge in [0.2, 0.25) is 5.91 Å². The highest BCUT2D eigenvalue weighted by Crippen LogP contribution is 2.38. The van der Waals surface area contributed by atoms with E-state index in [1.165, 1.54) is 12.1 Å². The molecule has 2 N–H and O–H groups in total.